The zero-order valence-electron chi connectivity index (χ0n) is 12.4. The van der Waals surface area contributed by atoms with Crippen LogP contribution in [-0.2, 0) is 19.3 Å². The first kappa shape index (κ1) is 14.4. The lowest BCUT2D eigenvalue weighted by Crippen LogP contribution is -1.94. The minimum Gasteiger partial charge on any atom is -0.504 e. The number of hydrogen-bond donors (Lipinski definition) is 2. The Labute approximate surface area is 120 Å². The normalized spacial score (nSPS) is 10.8. The van der Waals surface area contributed by atoms with Crippen molar-refractivity contribution in [2.45, 2.75) is 40.0 Å². The van der Waals surface area contributed by atoms with E-state index in [1.807, 2.05) is 13.0 Å². The van der Waals surface area contributed by atoms with Crippen molar-refractivity contribution in [1.82, 2.24) is 0 Å². The van der Waals surface area contributed by atoms with Gasteiger partial charge in [0.25, 0.3) is 0 Å². The van der Waals surface area contributed by atoms with Gasteiger partial charge >= 0.3 is 0 Å². The Kier molecular flexibility index (Phi) is 4.33. The second-order valence-electron chi connectivity index (χ2n) is 5.00. The average molecular weight is 270 g/mol. The average Bonchev–Trinajstić information content (AvgIpc) is 2.49. The third-order valence-corrected chi connectivity index (χ3v) is 3.89. The zero-order valence-corrected chi connectivity index (χ0v) is 12.4. The Hall–Kier alpha value is -1.96. The van der Waals surface area contributed by atoms with E-state index in [4.69, 9.17) is 0 Å². The van der Waals surface area contributed by atoms with E-state index in [0.29, 0.717) is 6.42 Å². The predicted molar refractivity (Wildman–Crippen MR) is 83.3 cm³/mol. The van der Waals surface area contributed by atoms with Gasteiger partial charge in [-0.15, -0.1) is 0 Å². The monoisotopic (exact) mass is 270 g/mol. The van der Waals surface area contributed by atoms with Crippen LogP contribution in [0.15, 0.2) is 30.3 Å². The van der Waals surface area contributed by atoms with Gasteiger partial charge in [-0.1, -0.05) is 45.0 Å². The molecule has 0 aliphatic heterocycles. The van der Waals surface area contributed by atoms with Crippen molar-refractivity contribution in [3.63, 3.8) is 0 Å². The van der Waals surface area contributed by atoms with E-state index in [0.717, 1.165) is 29.5 Å². The molecule has 2 nitrogen and oxygen atoms in total. The molecule has 2 aromatic rings. The SMILES string of the molecule is CCc1ccc(-c2ccc(O)c(O)c2CC)cc1CC. The van der Waals surface area contributed by atoms with Gasteiger partial charge in [0.1, 0.15) is 0 Å². The lowest BCUT2D eigenvalue weighted by atomic mass is 9.92. The van der Waals surface area contributed by atoms with Crippen molar-refractivity contribution >= 4 is 0 Å². The lowest BCUT2D eigenvalue weighted by molar-refractivity contribution is 0.400. The molecular weight excluding hydrogens is 248 g/mol. The van der Waals surface area contributed by atoms with Crippen LogP contribution in [0.2, 0.25) is 0 Å². The van der Waals surface area contributed by atoms with Gasteiger partial charge < -0.3 is 10.2 Å². The second kappa shape index (κ2) is 6.00. The van der Waals surface area contributed by atoms with Crippen LogP contribution in [0.25, 0.3) is 11.1 Å². The summed E-state index contributed by atoms with van der Waals surface area (Å²) in [6.07, 6.45) is 2.72. The fourth-order valence-electron chi connectivity index (χ4n) is 2.72. The van der Waals surface area contributed by atoms with Gasteiger partial charge in [-0.2, -0.15) is 0 Å². The summed E-state index contributed by atoms with van der Waals surface area (Å²) in [5, 5.41) is 19.7. The first-order valence-corrected chi connectivity index (χ1v) is 7.28. The molecule has 0 aromatic heterocycles. The lowest BCUT2D eigenvalue weighted by Gasteiger charge is -2.14. The van der Waals surface area contributed by atoms with Crippen molar-refractivity contribution < 1.29 is 10.2 Å². The number of aryl methyl sites for hydroxylation is 2. The van der Waals surface area contributed by atoms with E-state index >= 15 is 0 Å². The highest BCUT2D eigenvalue weighted by atomic mass is 16.3. The molecule has 0 saturated carbocycles. The van der Waals surface area contributed by atoms with Crippen molar-refractivity contribution in [1.29, 1.82) is 0 Å². The first-order valence-electron chi connectivity index (χ1n) is 7.28. The first-order chi connectivity index (χ1) is 9.62. The standard InChI is InChI=1S/C18H22O2/c1-4-12-7-8-14(11-13(12)5-2)16-9-10-17(19)18(20)15(16)6-3/h7-11,19-20H,4-6H2,1-3H3. The molecule has 0 amide bonds. The third kappa shape index (κ3) is 2.51. The van der Waals surface area contributed by atoms with Crippen LogP contribution in [0.3, 0.4) is 0 Å². The number of hydrogen-bond acceptors (Lipinski definition) is 2. The van der Waals surface area contributed by atoms with Crippen LogP contribution in [0, 0.1) is 0 Å². The van der Waals surface area contributed by atoms with E-state index in [9.17, 15) is 10.2 Å². The van der Waals surface area contributed by atoms with Gasteiger partial charge in [-0.3, -0.25) is 0 Å². The third-order valence-electron chi connectivity index (χ3n) is 3.89. The molecule has 2 aromatic carbocycles. The Morgan fingerprint density at radius 1 is 0.800 bits per heavy atom. The molecule has 0 saturated heterocycles. The summed E-state index contributed by atoms with van der Waals surface area (Å²) in [5.74, 6) is -0.0471. The van der Waals surface area contributed by atoms with E-state index in [-0.39, 0.29) is 11.5 Å². The maximum atomic E-state index is 10.0. The smallest absolute Gasteiger partial charge is 0.161 e. The summed E-state index contributed by atoms with van der Waals surface area (Å²) >= 11 is 0. The molecule has 0 fully saturated rings. The highest BCUT2D eigenvalue weighted by Crippen LogP contribution is 2.37. The van der Waals surface area contributed by atoms with Crippen molar-refractivity contribution in [3.8, 4) is 22.6 Å². The van der Waals surface area contributed by atoms with E-state index in [2.05, 4.69) is 32.0 Å². The summed E-state index contributed by atoms with van der Waals surface area (Å²) in [7, 11) is 0. The molecular formula is C18H22O2. The number of benzene rings is 2. The van der Waals surface area contributed by atoms with Crippen LogP contribution in [-0.4, -0.2) is 10.2 Å². The molecule has 0 unspecified atom stereocenters. The van der Waals surface area contributed by atoms with Crippen molar-refractivity contribution in [2.75, 3.05) is 0 Å². The van der Waals surface area contributed by atoms with E-state index in [1.165, 1.54) is 11.1 Å². The molecule has 0 atom stereocenters. The highest BCUT2D eigenvalue weighted by molar-refractivity contribution is 5.73. The van der Waals surface area contributed by atoms with Gasteiger partial charge in [-0.05, 0) is 47.6 Å². The summed E-state index contributed by atoms with van der Waals surface area (Å²) in [4.78, 5) is 0. The topological polar surface area (TPSA) is 40.5 Å². The maximum absolute atomic E-state index is 10.0. The van der Waals surface area contributed by atoms with Crippen LogP contribution in [0.5, 0.6) is 11.5 Å². The fourth-order valence-corrected chi connectivity index (χ4v) is 2.72. The molecule has 2 N–H and O–H groups in total. The van der Waals surface area contributed by atoms with Crippen LogP contribution >= 0.6 is 0 Å². The van der Waals surface area contributed by atoms with Gasteiger partial charge in [0.05, 0.1) is 0 Å². The summed E-state index contributed by atoms with van der Waals surface area (Å²) < 4.78 is 0. The summed E-state index contributed by atoms with van der Waals surface area (Å²) in [6.45, 7) is 6.31. The Balaban J connectivity index is 2.60. The highest BCUT2D eigenvalue weighted by Gasteiger charge is 2.13. The molecule has 0 heterocycles. The minimum atomic E-state index is -0.0495. The second-order valence-corrected chi connectivity index (χ2v) is 5.00. The molecule has 0 spiro atoms. The molecule has 106 valence electrons. The number of phenols is 2. The largest absolute Gasteiger partial charge is 0.504 e. The van der Waals surface area contributed by atoms with E-state index < -0.39 is 0 Å². The maximum Gasteiger partial charge on any atom is 0.161 e. The van der Waals surface area contributed by atoms with Gasteiger partial charge in [-0.25, -0.2) is 0 Å². The minimum absolute atomic E-state index is 0.00242. The quantitative estimate of drug-likeness (QED) is 0.806. The van der Waals surface area contributed by atoms with Crippen LogP contribution in [0.4, 0.5) is 0 Å². The number of rotatable bonds is 4. The Morgan fingerprint density at radius 3 is 2.10 bits per heavy atom. The molecule has 2 heteroatoms. The van der Waals surface area contributed by atoms with Crippen LogP contribution < -0.4 is 0 Å². The molecule has 2 rings (SSSR count). The Morgan fingerprint density at radius 2 is 1.50 bits per heavy atom. The molecule has 0 radical (unpaired) electrons. The van der Waals surface area contributed by atoms with Crippen LogP contribution in [0.1, 0.15) is 37.5 Å². The summed E-state index contributed by atoms with van der Waals surface area (Å²) in [6, 6.07) is 9.90. The predicted octanol–water partition coefficient (Wildman–Crippen LogP) is 4.45. The molecule has 0 aliphatic carbocycles. The van der Waals surface area contributed by atoms with Gasteiger partial charge in [0, 0.05) is 5.56 Å². The number of aromatic hydroxyl groups is 2. The fraction of sp³-hybridized carbons (Fsp3) is 0.333. The zero-order chi connectivity index (χ0) is 14.7. The molecule has 20 heavy (non-hydrogen) atoms. The van der Waals surface area contributed by atoms with Crippen molar-refractivity contribution in [3.05, 3.63) is 47.0 Å². The number of phenolic OH excluding ortho intramolecular Hbond substituents is 2. The van der Waals surface area contributed by atoms with Gasteiger partial charge in [0.15, 0.2) is 11.5 Å². The van der Waals surface area contributed by atoms with Crippen molar-refractivity contribution in [2.24, 2.45) is 0 Å². The van der Waals surface area contributed by atoms with E-state index in [1.54, 1.807) is 6.07 Å². The Bertz CT molecular complexity index is 615. The summed E-state index contributed by atoms with van der Waals surface area (Å²) in [5.41, 5.74) is 5.62. The molecule has 0 aliphatic rings. The van der Waals surface area contributed by atoms with Gasteiger partial charge in [0.2, 0.25) is 0 Å². The molecule has 0 bridgehead atoms.